The molecule has 0 spiro atoms. The Labute approximate surface area is 449 Å². The minimum atomic E-state index is 0.318. The highest BCUT2D eigenvalue weighted by Gasteiger charge is 2.26. The quantitative estimate of drug-likeness (QED) is 0.160. The normalized spacial score (nSPS) is 13.4. The second-order valence-electron chi connectivity index (χ2n) is 20.6. The molecular formula is C72H47N5O. The van der Waals surface area contributed by atoms with E-state index >= 15 is 0 Å². The lowest BCUT2D eigenvalue weighted by Gasteiger charge is -2.19. The molecule has 1 unspecified atom stereocenters. The second-order valence-corrected chi connectivity index (χ2v) is 20.6. The van der Waals surface area contributed by atoms with Crippen LogP contribution in [0.1, 0.15) is 29.0 Å². The van der Waals surface area contributed by atoms with Gasteiger partial charge < -0.3 is 4.42 Å². The molecule has 6 nitrogen and oxygen atoms in total. The number of rotatable bonds is 7. The van der Waals surface area contributed by atoms with E-state index in [1.807, 2.05) is 6.07 Å². The largest absolute Gasteiger partial charge is 0.456 e. The average molecular weight is 998 g/mol. The molecule has 0 saturated carbocycles. The Morgan fingerprint density at radius 3 is 1.62 bits per heavy atom. The predicted octanol–water partition coefficient (Wildman–Crippen LogP) is 18.4. The summed E-state index contributed by atoms with van der Waals surface area (Å²) in [7, 11) is 0. The summed E-state index contributed by atoms with van der Waals surface area (Å²) in [5.41, 5.74) is 20.3. The van der Waals surface area contributed by atoms with E-state index in [4.69, 9.17) is 19.4 Å². The molecule has 366 valence electrons. The van der Waals surface area contributed by atoms with Crippen molar-refractivity contribution >= 4 is 65.6 Å². The fraction of sp³-hybridized carbons (Fsp3) is 0.0417. The van der Waals surface area contributed by atoms with E-state index in [0.29, 0.717) is 23.6 Å². The van der Waals surface area contributed by atoms with Crippen molar-refractivity contribution in [3.63, 3.8) is 0 Å². The number of nitrogens with zero attached hydrogens (tertiary/aromatic N) is 5. The van der Waals surface area contributed by atoms with E-state index < -0.39 is 0 Å². The van der Waals surface area contributed by atoms with Crippen molar-refractivity contribution in [2.45, 2.75) is 18.8 Å². The number of para-hydroxylation sites is 3. The van der Waals surface area contributed by atoms with Crippen LogP contribution in [0.15, 0.2) is 259 Å². The summed E-state index contributed by atoms with van der Waals surface area (Å²) >= 11 is 0. The summed E-state index contributed by atoms with van der Waals surface area (Å²) in [6.07, 6.45) is 2.11. The van der Waals surface area contributed by atoms with Crippen LogP contribution in [0.5, 0.6) is 0 Å². The predicted molar refractivity (Wildman–Crippen MR) is 320 cm³/mol. The molecule has 0 radical (unpaired) electrons. The van der Waals surface area contributed by atoms with Gasteiger partial charge in [0, 0.05) is 43.8 Å². The molecule has 1 atom stereocenters. The maximum absolute atomic E-state index is 6.69. The van der Waals surface area contributed by atoms with Crippen molar-refractivity contribution in [3.8, 4) is 67.8 Å². The molecule has 6 heteroatoms. The van der Waals surface area contributed by atoms with Crippen molar-refractivity contribution in [2.24, 2.45) is 0 Å². The van der Waals surface area contributed by atoms with Crippen molar-refractivity contribution < 1.29 is 4.42 Å². The van der Waals surface area contributed by atoms with Crippen LogP contribution < -0.4 is 0 Å². The molecule has 0 N–H and O–H groups in total. The van der Waals surface area contributed by atoms with Crippen LogP contribution in [-0.2, 0) is 6.42 Å². The molecule has 1 aliphatic rings. The Kier molecular flexibility index (Phi) is 10.0. The highest BCUT2D eigenvalue weighted by atomic mass is 16.3. The van der Waals surface area contributed by atoms with Gasteiger partial charge in [0.05, 0.1) is 22.1 Å². The maximum Gasteiger partial charge on any atom is 0.240 e. The molecule has 16 rings (SSSR count). The van der Waals surface area contributed by atoms with E-state index in [1.54, 1.807) is 0 Å². The molecular weight excluding hydrogens is 951 g/mol. The molecule has 0 saturated heterocycles. The Hall–Kier alpha value is -10.2. The number of fused-ring (bicyclic) bond motifs is 12. The van der Waals surface area contributed by atoms with Crippen molar-refractivity contribution in [2.75, 3.05) is 0 Å². The molecule has 1 aliphatic carbocycles. The standard InChI is InChI=1S/C72H47N5O/c1-3-16-45(17-4-1)46-30-32-49(33-31-46)70-73-71(76-63-26-12-9-22-57(63)58-23-10-13-27-64(58)76)75-72(74-70)77-65-28-14-11-24-59(65)61-44-52(36-40-66(61)77)55-25-15-29-68-69(55)62-43-51(37-41-67(62)78-68)50-35-39-56-54(47-18-5-2-6-19-47)38-34-48-20-7-8-21-53(48)60(56)42-50/h1-33,35-37,39-44,54H,34,38H2. The molecule has 0 bridgehead atoms. The van der Waals surface area contributed by atoms with Crippen LogP contribution >= 0.6 is 0 Å². The lowest BCUT2D eigenvalue weighted by atomic mass is 9.84. The van der Waals surface area contributed by atoms with Gasteiger partial charge in [-0.25, -0.2) is 0 Å². The fourth-order valence-corrected chi connectivity index (χ4v) is 12.6. The topological polar surface area (TPSA) is 61.7 Å². The molecule has 78 heavy (non-hydrogen) atoms. The Morgan fingerprint density at radius 2 is 0.885 bits per heavy atom. The lowest BCUT2D eigenvalue weighted by Crippen LogP contribution is -2.10. The number of aryl methyl sites for hydroxylation is 1. The van der Waals surface area contributed by atoms with Crippen LogP contribution in [0.2, 0.25) is 0 Å². The minimum absolute atomic E-state index is 0.318. The zero-order chi connectivity index (χ0) is 51.3. The fourth-order valence-electron chi connectivity index (χ4n) is 12.6. The third kappa shape index (κ3) is 7.07. The van der Waals surface area contributed by atoms with Gasteiger partial charge in [-0.3, -0.25) is 9.13 Å². The molecule has 0 fully saturated rings. The second kappa shape index (κ2) is 17.7. The zero-order valence-electron chi connectivity index (χ0n) is 42.4. The molecule has 15 aromatic rings. The summed E-state index contributed by atoms with van der Waals surface area (Å²) in [4.78, 5) is 16.1. The van der Waals surface area contributed by atoms with Crippen LogP contribution in [-0.4, -0.2) is 24.1 Å². The van der Waals surface area contributed by atoms with Crippen LogP contribution in [0.4, 0.5) is 0 Å². The van der Waals surface area contributed by atoms with E-state index in [0.717, 1.165) is 112 Å². The Balaban J connectivity index is 0.850. The summed E-state index contributed by atoms with van der Waals surface area (Å²) in [6.45, 7) is 0. The SMILES string of the molecule is c1ccc(-c2ccc(-c3nc(-n4c5ccccc5c5ccccc54)nc(-n4c5ccccc5c5cc(-c6cccc7oc8ccc(-c9ccc%10c(c9)-c9ccccc9CCC%10c9ccccc9)cc8c67)ccc54)n3)cc2)cc1. The van der Waals surface area contributed by atoms with Gasteiger partial charge in [-0.05, 0) is 129 Å². The van der Waals surface area contributed by atoms with Crippen LogP contribution in [0.3, 0.4) is 0 Å². The number of aromatic nitrogens is 5. The molecule has 4 heterocycles. The smallest absolute Gasteiger partial charge is 0.240 e. The van der Waals surface area contributed by atoms with Gasteiger partial charge in [-0.2, -0.15) is 15.0 Å². The van der Waals surface area contributed by atoms with Crippen molar-refractivity contribution in [3.05, 3.63) is 271 Å². The number of furan rings is 1. The summed E-state index contributed by atoms with van der Waals surface area (Å²) in [5, 5.41) is 6.67. The van der Waals surface area contributed by atoms with Gasteiger partial charge in [0.2, 0.25) is 11.9 Å². The summed E-state index contributed by atoms with van der Waals surface area (Å²) < 4.78 is 11.1. The van der Waals surface area contributed by atoms with Gasteiger partial charge in [-0.15, -0.1) is 0 Å². The molecule has 4 aromatic heterocycles. The first kappa shape index (κ1) is 44.2. The van der Waals surface area contributed by atoms with E-state index in [-0.39, 0.29) is 0 Å². The van der Waals surface area contributed by atoms with Gasteiger partial charge in [-0.1, -0.05) is 200 Å². The lowest BCUT2D eigenvalue weighted by molar-refractivity contribution is 0.669. The number of benzene rings is 11. The van der Waals surface area contributed by atoms with Crippen LogP contribution in [0, 0.1) is 0 Å². The van der Waals surface area contributed by atoms with Gasteiger partial charge in [0.1, 0.15) is 11.2 Å². The Bertz CT molecular complexity index is 4800. The molecule has 0 aliphatic heterocycles. The van der Waals surface area contributed by atoms with Crippen molar-refractivity contribution in [1.82, 2.24) is 24.1 Å². The number of hydrogen-bond donors (Lipinski definition) is 0. The van der Waals surface area contributed by atoms with Crippen LogP contribution in [0.25, 0.3) is 133 Å². The maximum atomic E-state index is 6.69. The third-order valence-corrected chi connectivity index (χ3v) is 16.3. The van der Waals surface area contributed by atoms with Crippen molar-refractivity contribution in [1.29, 1.82) is 0 Å². The average Bonchev–Trinajstić information content (AvgIpc) is 4.20. The summed E-state index contributed by atoms with van der Waals surface area (Å²) in [6, 6.07) is 91.6. The minimum Gasteiger partial charge on any atom is -0.456 e. The van der Waals surface area contributed by atoms with Gasteiger partial charge in [0.15, 0.2) is 5.82 Å². The Morgan fingerprint density at radius 1 is 0.346 bits per heavy atom. The molecule has 11 aromatic carbocycles. The highest BCUT2D eigenvalue weighted by Crippen LogP contribution is 2.45. The van der Waals surface area contributed by atoms with Gasteiger partial charge in [0.25, 0.3) is 0 Å². The van der Waals surface area contributed by atoms with E-state index in [1.165, 1.54) is 33.4 Å². The molecule has 0 amide bonds. The first-order valence-corrected chi connectivity index (χ1v) is 26.8. The van der Waals surface area contributed by atoms with E-state index in [9.17, 15) is 0 Å². The third-order valence-electron chi connectivity index (χ3n) is 16.3. The number of hydrogen-bond acceptors (Lipinski definition) is 4. The van der Waals surface area contributed by atoms with Gasteiger partial charge >= 0.3 is 0 Å². The first-order valence-electron chi connectivity index (χ1n) is 26.8. The first-order chi connectivity index (χ1) is 38.7. The van der Waals surface area contributed by atoms with E-state index in [2.05, 4.69) is 258 Å². The monoisotopic (exact) mass is 997 g/mol. The summed E-state index contributed by atoms with van der Waals surface area (Å²) in [5.74, 6) is 1.99. The highest BCUT2D eigenvalue weighted by molar-refractivity contribution is 6.16. The zero-order valence-corrected chi connectivity index (χ0v) is 42.4.